The first kappa shape index (κ1) is 21.1. The first-order valence-electron chi connectivity index (χ1n) is 9.07. The van der Waals surface area contributed by atoms with E-state index in [1.165, 1.54) is 0 Å². The predicted molar refractivity (Wildman–Crippen MR) is 98.1 cm³/mol. The predicted octanol–water partition coefficient (Wildman–Crippen LogP) is 0.832. The van der Waals surface area contributed by atoms with E-state index >= 15 is 0 Å². The van der Waals surface area contributed by atoms with Crippen molar-refractivity contribution < 1.29 is 29.1 Å². The Morgan fingerprint density at radius 3 is 2.18 bits per heavy atom. The topological polar surface area (TPSA) is 142 Å². The van der Waals surface area contributed by atoms with E-state index in [1.807, 2.05) is 0 Å². The third kappa shape index (κ3) is 5.15. The molecule has 150 valence electrons. The normalized spacial score (nSPS) is 15.5. The van der Waals surface area contributed by atoms with E-state index in [0.717, 1.165) is 0 Å². The van der Waals surface area contributed by atoms with Gasteiger partial charge in [-0.15, -0.1) is 0 Å². The van der Waals surface area contributed by atoms with Crippen LogP contribution in [0.15, 0.2) is 30.3 Å². The van der Waals surface area contributed by atoms with Gasteiger partial charge in [0, 0.05) is 19.4 Å². The number of barbiturate groups is 1. The number of rotatable bonds is 10. The van der Waals surface area contributed by atoms with Crippen LogP contribution in [0.5, 0.6) is 0 Å². The van der Waals surface area contributed by atoms with Gasteiger partial charge in [-0.05, 0) is 31.2 Å². The number of amides is 5. The van der Waals surface area contributed by atoms with Gasteiger partial charge in [0.15, 0.2) is 5.41 Å². The van der Waals surface area contributed by atoms with Crippen LogP contribution < -0.4 is 16.0 Å². The number of carbonyl (C=O) groups excluding carboxylic acids is 4. The van der Waals surface area contributed by atoms with Crippen molar-refractivity contribution in [3.8, 4) is 0 Å². The fraction of sp³-hybridized carbons (Fsp3) is 0.421. The van der Waals surface area contributed by atoms with Gasteiger partial charge >= 0.3 is 12.0 Å². The lowest BCUT2D eigenvalue weighted by molar-refractivity contribution is -0.139. The molecule has 0 spiro atoms. The summed E-state index contributed by atoms with van der Waals surface area (Å²) >= 11 is 0. The standard InChI is InChI=1S/C19H23N3O6/c23-14(9-6-10-15(24)25)20-12-5-4-11-19(13-7-2-1-3-8-13)16(26)21-18(28)22-17(19)27/h1-3,7-8H,4-6,9-12H2,(H,20,23)(H,24,25)(H2,21,22,26,27,28). The number of carboxylic acids is 1. The second kappa shape index (κ2) is 9.63. The highest BCUT2D eigenvalue weighted by Gasteiger charge is 2.50. The van der Waals surface area contributed by atoms with Crippen LogP contribution >= 0.6 is 0 Å². The van der Waals surface area contributed by atoms with Crippen LogP contribution in [0, 0.1) is 0 Å². The molecular formula is C19H23N3O6. The number of unbranched alkanes of at least 4 members (excludes halogenated alkanes) is 1. The molecule has 1 aliphatic rings. The largest absolute Gasteiger partial charge is 0.481 e. The summed E-state index contributed by atoms with van der Waals surface area (Å²) in [6.07, 6.45) is 1.50. The van der Waals surface area contributed by atoms with Gasteiger partial charge in [-0.2, -0.15) is 0 Å². The molecule has 0 atom stereocenters. The monoisotopic (exact) mass is 389 g/mol. The van der Waals surface area contributed by atoms with Gasteiger partial charge in [-0.25, -0.2) is 4.79 Å². The number of carbonyl (C=O) groups is 5. The van der Waals surface area contributed by atoms with E-state index in [0.29, 0.717) is 24.9 Å². The molecule has 1 aliphatic heterocycles. The van der Waals surface area contributed by atoms with Crippen molar-refractivity contribution in [1.82, 2.24) is 16.0 Å². The van der Waals surface area contributed by atoms with E-state index in [-0.39, 0.29) is 31.6 Å². The fourth-order valence-corrected chi connectivity index (χ4v) is 3.14. The lowest BCUT2D eigenvalue weighted by atomic mass is 9.73. The zero-order chi connectivity index (χ0) is 20.6. The number of aliphatic carboxylic acids is 1. The summed E-state index contributed by atoms with van der Waals surface area (Å²) in [5, 5.41) is 15.6. The highest BCUT2D eigenvalue weighted by atomic mass is 16.4. The Morgan fingerprint density at radius 2 is 1.57 bits per heavy atom. The van der Waals surface area contributed by atoms with E-state index in [9.17, 15) is 24.0 Å². The number of carboxylic acid groups (broad SMARTS) is 1. The van der Waals surface area contributed by atoms with E-state index in [1.54, 1.807) is 30.3 Å². The zero-order valence-corrected chi connectivity index (χ0v) is 15.3. The van der Waals surface area contributed by atoms with Crippen LogP contribution in [0.25, 0.3) is 0 Å². The van der Waals surface area contributed by atoms with Crippen molar-refractivity contribution >= 4 is 29.7 Å². The summed E-state index contributed by atoms with van der Waals surface area (Å²) in [4.78, 5) is 58.7. The molecule has 1 saturated heterocycles. The fourth-order valence-electron chi connectivity index (χ4n) is 3.14. The van der Waals surface area contributed by atoms with Gasteiger partial charge in [0.1, 0.15) is 0 Å². The Bertz CT molecular complexity index is 742. The minimum atomic E-state index is -1.50. The quantitative estimate of drug-likeness (QED) is 0.345. The number of hydrogen-bond acceptors (Lipinski definition) is 5. The van der Waals surface area contributed by atoms with Gasteiger partial charge in [0.25, 0.3) is 0 Å². The molecule has 4 N–H and O–H groups in total. The molecule has 0 bridgehead atoms. The summed E-state index contributed by atoms with van der Waals surface area (Å²) in [6, 6.07) is 7.69. The van der Waals surface area contributed by atoms with Gasteiger partial charge in [-0.1, -0.05) is 30.3 Å². The second-order valence-electron chi connectivity index (χ2n) is 6.56. The van der Waals surface area contributed by atoms with Gasteiger partial charge in [0.2, 0.25) is 17.7 Å². The number of nitrogens with one attached hydrogen (secondary N) is 3. The lowest BCUT2D eigenvalue weighted by Crippen LogP contribution is -2.64. The molecular weight excluding hydrogens is 366 g/mol. The van der Waals surface area contributed by atoms with Gasteiger partial charge in [0.05, 0.1) is 0 Å². The van der Waals surface area contributed by atoms with E-state index in [2.05, 4.69) is 16.0 Å². The average molecular weight is 389 g/mol. The maximum absolute atomic E-state index is 12.6. The summed E-state index contributed by atoms with van der Waals surface area (Å²) in [7, 11) is 0. The maximum Gasteiger partial charge on any atom is 0.328 e. The zero-order valence-electron chi connectivity index (χ0n) is 15.3. The molecule has 28 heavy (non-hydrogen) atoms. The van der Waals surface area contributed by atoms with E-state index < -0.39 is 29.2 Å². The Morgan fingerprint density at radius 1 is 0.929 bits per heavy atom. The molecule has 1 aromatic carbocycles. The molecule has 0 radical (unpaired) electrons. The van der Waals surface area contributed by atoms with E-state index in [4.69, 9.17) is 5.11 Å². The number of urea groups is 1. The Balaban J connectivity index is 1.92. The Hall–Kier alpha value is -3.23. The van der Waals surface area contributed by atoms with Crippen LogP contribution in [-0.2, 0) is 24.6 Å². The van der Waals surface area contributed by atoms with Crippen LogP contribution in [-0.4, -0.2) is 41.4 Å². The third-order valence-corrected chi connectivity index (χ3v) is 4.59. The highest BCUT2D eigenvalue weighted by Crippen LogP contribution is 2.32. The maximum atomic E-state index is 12.6. The average Bonchev–Trinajstić information content (AvgIpc) is 2.64. The summed E-state index contributed by atoms with van der Waals surface area (Å²) < 4.78 is 0. The van der Waals surface area contributed by atoms with Crippen LogP contribution in [0.2, 0.25) is 0 Å². The molecule has 9 heteroatoms. The first-order valence-corrected chi connectivity index (χ1v) is 9.07. The minimum absolute atomic E-state index is 0.0596. The highest BCUT2D eigenvalue weighted by molar-refractivity contribution is 6.22. The molecule has 9 nitrogen and oxygen atoms in total. The Kier molecular flexibility index (Phi) is 7.25. The number of benzene rings is 1. The SMILES string of the molecule is O=C(O)CCCC(=O)NCCCCC1(c2ccccc2)C(=O)NC(=O)NC1=O. The molecule has 5 amide bonds. The van der Waals surface area contributed by atoms with Crippen LogP contribution in [0.3, 0.4) is 0 Å². The van der Waals surface area contributed by atoms with Crippen molar-refractivity contribution in [3.05, 3.63) is 35.9 Å². The van der Waals surface area contributed by atoms with Gasteiger partial charge in [-0.3, -0.25) is 29.8 Å². The van der Waals surface area contributed by atoms with Gasteiger partial charge < -0.3 is 10.4 Å². The van der Waals surface area contributed by atoms with Crippen molar-refractivity contribution in [2.75, 3.05) is 6.54 Å². The molecule has 2 rings (SSSR count). The minimum Gasteiger partial charge on any atom is -0.481 e. The first-order chi connectivity index (χ1) is 13.4. The number of hydrogen-bond donors (Lipinski definition) is 4. The summed E-state index contributed by atoms with van der Waals surface area (Å²) in [6.45, 7) is 0.346. The van der Waals surface area contributed by atoms with Crippen LogP contribution in [0.4, 0.5) is 4.79 Å². The second-order valence-corrected chi connectivity index (χ2v) is 6.56. The lowest BCUT2D eigenvalue weighted by Gasteiger charge is -2.34. The smallest absolute Gasteiger partial charge is 0.328 e. The molecule has 0 aromatic heterocycles. The number of imide groups is 2. The molecule has 0 aliphatic carbocycles. The van der Waals surface area contributed by atoms with Crippen LogP contribution in [0.1, 0.15) is 44.1 Å². The summed E-state index contributed by atoms with van der Waals surface area (Å²) in [5.41, 5.74) is -1.00. The third-order valence-electron chi connectivity index (χ3n) is 4.59. The molecule has 1 heterocycles. The Labute approximate surface area is 161 Å². The van der Waals surface area contributed by atoms with Crippen molar-refractivity contribution in [1.29, 1.82) is 0 Å². The van der Waals surface area contributed by atoms with Crippen molar-refractivity contribution in [3.63, 3.8) is 0 Å². The molecule has 1 fully saturated rings. The van der Waals surface area contributed by atoms with Crippen molar-refractivity contribution in [2.24, 2.45) is 0 Å². The van der Waals surface area contributed by atoms with Crippen molar-refractivity contribution in [2.45, 2.75) is 43.9 Å². The summed E-state index contributed by atoms with van der Waals surface area (Å²) in [5.74, 6) is -2.50. The molecule has 0 unspecified atom stereocenters. The molecule has 1 aromatic rings. The molecule has 0 saturated carbocycles.